The topological polar surface area (TPSA) is 64.1 Å². The lowest BCUT2D eigenvalue weighted by molar-refractivity contribution is -0.144. The summed E-state index contributed by atoms with van der Waals surface area (Å²) in [5.74, 6) is -0.991. The van der Waals surface area contributed by atoms with Crippen LogP contribution in [-0.4, -0.2) is 85.0 Å². The van der Waals surface area contributed by atoms with Gasteiger partial charge in [-0.15, -0.1) is 0 Å². The first-order chi connectivity index (χ1) is 9.90. The van der Waals surface area contributed by atoms with Gasteiger partial charge >= 0.3 is 5.97 Å². The van der Waals surface area contributed by atoms with Gasteiger partial charge in [-0.3, -0.25) is 9.59 Å². The van der Waals surface area contributed by atoms with Gasteiger partial charge in [0, 0.05) is 25.6 Å². The number of rotatable bonds is 8. The molecule has 0 radical (unpaired) electrons. The molecule has 1 atom stereocenters. The third-order valence-electron chi connectivity index (χ3n) is 4.11. The van der Waals surface area contributed by atoms with Crippen LogP contribution >= 0.6 is 0 Å². The maximum atomic E-state index is 12.3. The summed E-state index contributed by atoms with van der Waals surface area (Å²) in [5, 5.41) is 8.94. The molecule has 0 aromatic rings. The average Bonchev–Trinajstić information content (AvgIpc) is 2.41. The van der Waals surface area contributed by atoms with Gasteiger partial charge in [-0.2, -0.15) is 0 Å². The first-order valence-corrected chi connectivity index (χ1v) is 7.74. The fourth-order valence-corrected chi connectivity index (χ4v) is 2.73. The van der Waals surface area contributed by atoms with Crippen LogP contribution < -0.4 is 0 Å². The monoisotopic (exact) mass is 299 g/mol. The quantitative estimate of drug-likeness (QED) is 0.716. The van der Waals surface area contributed by atoms with Crippen LogP contribution in [0.25, 0.3) is 0 Å². The van der Waals surface area contributed by atoms with Gasteiger partial charge in [-0.05, 0) is 47.0 Å². The van der Waals surface area contributed by atoms with Gasteiger partial charge in [0.15, 0.2) is 0 Å². The highest BCUT2D eigenvalue weighted by atomic mass is 16.4. The van der Waals surface area contributed by atoms with Crippen molar-refractivity contribution in [1.29, 1.82) is 0 Å². The lowest BCUT2D eigenvalue weighted by Crippen LogP contribution is -2.41. The van der Waals surface area contributed by atoms with E-state index in [1.54, 1.807) is 0 Å². The number of carbonyl (C=O) groups is 2. The largest absolute Gasteiger partial charge is 0.480 e. The van der Waals surface area contributed by atoms with Gasteiger partial charge in [-0.25, -0.2) is 0 Å². The molecular weight excluding hydrogens is 270 g/mol. The van der Waals surface area contributed by atoms with Gasteiger partial charge < -0.3 is 19.8 Å². The van der Waals surface area contributed by atoms with Gasteiger partial charge in [0.25, 0.3) is 0 Å². The second-order valence-electron chi connectivity index (χ2n) is 6.18. The molecule has 1 aliphatic heterocycles. The normalized spacial score (nSPS) is 19.7. The van der Waals surface area contributed by atoms with Crippen LogP contribution in [0.5, 0.6) is 0 Å². The van der Waals surface area contributed by atoms with Crippen molar-refractivity contribution in [3.05, 3.63) is 0 Å². The summed E-state index contributed by atoms with van der Waals surface area (Å²) < 4.78 is 0. The molecule has 0 aromatic carbocycles. The molecule has 21 heavy (non-hydrogen) atoms. The second kappa shape index (κ2) is 9.00. The fourth-order valence-electron chi connectivity index (χ4n) is 2.73. The number of carboxylic acids is 1. The van der Waals surface area contributed by atoms with E-state index in [1.165, 1.54) is 17.7 Å². The Kier molecular flexibility index (Phi) is 7.67. The maximum Gasteiger partial charge on any atom is 0.323 e. The van der Waals surface area contributed by atoms with E-state index in [0.29, 0.717) is 25.6 Å². The van der Waals surface area contributed by atoms with Gasteiger partial charge in [0.1, 0.15) is 6.54 Å². The molecule has 0 spiro atoms. The first-order valence-electron chi connectivity index (χ1n) is 7.74. The molecule has 122 valence electrons. The summed E-state index contributed by atoms with van der Waals surface area (Å²) in [4.78, 5) is 28.9. The van der Waals surface area contributed by atoms with Crippen molar-refractivity contribution < 1.29 is 14.7 Å². The molecule has 1 amide bonds. The first kappa shape index (κ1) is 17.9. The summed E-state index contributed by atoms with van der Waals surface area (Å²) in [6.45, 7) is 2.05. The number of likely N-dealkylation sites (N-methyl/N-ethyl adjacent to an activating group) is 1. The molecule has 1 rings (SSSR count). The van der Waals surface area contributed by atoms with Crippen LogP contribution in [0.4, 0.5) is 0 Å². The average molecular weight is 299 g/mol. The SMILES string of the molecule is CN(C)CCN(CC(=O)O)C(=O)CCC1CCCCN1C. The third-order valence-corrected chi connectivity index (χ3v) is 4.11. The Bertz CT molecular complexity index is 347. The van der Waals surface area contributed by atoms with Gasteiger partial charge in [-0.1, -0.05) is 6.42 Å². The molecule has 1 aliphatic rings. The van der Waals surface area contributed by atoms with Crippen LogP contribution in [0.15, 0.2) is 0 Å². The van der Waals surface area contributed by atoms with Crippen LogP contribution in [0.2, 0.25) is 0 Å². The number of nitrogens with zero attached hydrogens (tertiary/aromatic N) is 3. The Hall–Kier alpha value is -1.14. The minimum absolute atomic E-state index is 0.0433. The Morgan fingerprint density at radius 2 is 1.95 bits per heavy atom. The lowest BCUT2D eigenvalue weighted by Gasteiger charge is -2.33. The third kappa shape index (κ3) is 6.91. The highest BCUT2D eigenvalue weighted by molar-refractivity contribution is 5.81. The van der Waals surface area contributed by atoms with Gasteiger partial charge in [0.05, 0.1) is 0 Å². The zero-order chi connectivity index (χ0) is 15.8. The van der Waals surface area contributed by atoms with Crippen LogP contribution in [0.1, 0.15) is 32.1 Å². The summed E-state index contributed by atoms with van der Waals surface area (Å²) in [6, 6.07) is 0.461. The number of hydrogen-bond donors (Lipinski definition) is 1. The standard InChI is InChI=1S/C15H29N3O3/c1-16(2)10-11-18(12-15(20)21)14(19)8-7-13-6-4-5-9-17(13)3/h13H,4-12H2,1-3H3,(H,20,21). The zero-order valence-corrected chi connectivity index (χ0v) is 13.5. The number of aliphatic carboxylic acids is 1. The van der Waals surface area contributed by atoms with Gasteiger partial charge in [0.2, 0.25) is 5.91 Å². The molecule has 0 aliphatic carbocycles. The van der Waals surface area contributed by atoms with E-state index in [9.17, 15) is 9.59 Å². The Labute approximate surface area is 127 Å². The predicted molar refractivity (Wildman–Crippen MR) is 82.3 cm³/mol. The summed E-state index contributed by atoms with van der Waals surface area (Å²) in [7, 11) is 5.94. The minimum atomic E-state index is -0.947. The highest BCUT2D eigenvalue weighted by Gasteiger charge is 2.22. The number of piperidine rings is 1. The molecule has 6 nitrogen and oxygen atoms in total. The van der Waals surface area contributed by atoms with Crippen molar-refractivity contribution in [2.45, 2.75) is 38.1 Å². The van der Waals surface area contributed by atoms with Crippen LogP contribution in [0.3, 0.4) is 0 Å². The van der Waals surface area contributed by atoms with Crippen LogP contribution in [0, 0.1) is 0 Å². The van der Waals surface area contributed by atoms with E-state index in [-0.39, 0.29) is 12.5 Å². The van der Waals surface area contributed by atoms with E-state index < -0.39 is 5.97 Å². The molecular formula is C15H29N3O3. The Morgan fingerprint density at radius 1 is 1.24 bits per heavy atom. The number of amides is 1. The second-order valence-corrected chi connectivity index (χ2v) is 6.18. The van der Waals surface area contributed by atoms with E-state index in [2.05, 4.69) is 11.9 Å². The van der Waals surface area contributed by atoms with Crippen molar-refractivity contribution in [2.24, 2.45) is 0 Å². The number of likely N-dealkylation sites (tertiary alicyclic amines) is 1. The lowest BCUT2D eigenvalue weighted by atomic mass is 9.98. The molecule has 0 aromatic heterocycles. The molecule has 1 unspecified atom stereocenters. The Morgan fingerprint density at radius 3 is 2.52 bits per heavy atom. The molecule has 0 bridgehead atoms. The molecule has 0 saturated carbocycles. The number of carboxylic acid groups (broad SMARTS) is 1. The Balaban J connectivity index is 2.44. The maximum absolute atomic E-state index is 12.3. The van der Waals surface area contributed by atoms with E-state index in [0.717, 1.165) is 19.4 Å². The van der Waals surface area contributed by atoms with Crippen molar-refractivity contribution >= 4 is 11.9 Å². The van der Waals surface area contributed by atoms with Crippen molar-refractivity contribution in [1.82, 2.24) is 14.7 Å². The minimum Gasteiger partial charge on any atom is -0.480 e. The highest BCUT2D eigenvalue weighted by Crippen LogP contribution is 2.19. The number of carbonyl (C=O) groups excluding carboxylic acids is 1. The predicted octanol–water partition coefficient (Wildman–Crippen LogP) is 0.726. The molecule has 1 heterocycles. The van der Waals surface area contributed by atoms with E-state index in [4.69, 9.17) is 5.11 Å². The molecule has 1 fully saturated rings. The molecule has 6 heteroatoms. The molecule has 1 N–H and O–H groups in total. The van der Waals surface area contributed by atoms with Crippen molar-refractivity contribution in [3.8, 4) is 0 Å². The van der Waals surface area contributed by atoms with Crippen molar-refractivity contribution in [3.63, 3.8) is 0 Å². The zero-order valence-electron chi connectivity index (χ0n) is 13.5. The molecule has 1 saturated heterocycles. The van der Waals surface area contributed by atoms with E-state index >= 15 is 0 Å². The number of hydrogen-bond acceptors (Lipinski definition) is 4. The van der Waals surface area contributed by atoms with Crippen molar-refractivity contribution in [2.75, 3.05) is 47.3 Å². The summed E-state index contributed by atoms with van der Waals surface area (Å²) in [6.07, 6.45) is 4.86. The smallest absolute Gasteiger partial charge is 0.323 e. The van der Waals surface area contributed by atoms with E-state index in [1.807, 2.05) is 19.0 Å². The summed E-state index contributed by atoms with van der Waals surface area (Å²) in [5.41, 5.74) is 0. The summed E-state index contributed by atoms with van der Waals surface area (Å²) >= 11 is 0. The fraction of sp³-hybridized carbons (Fsp3) is 0.867. The van der Waals surface area contributed by atoms with Crippen LogP contribution in [-0.2, 0) is 9.59 Å².